The Bertz CT molecular complexity index is 254. The van der Waals surface area contributed by atoms with Gasteiger partial charge in [0.25, 0.3) is 0 Å². The Morgan fingerprint density at radius 2 is 2.55 bits per heavy atom. The van der Waals surface area contributed by atoms with Crippen LogP contribution in [0.15, 0.2) is 12.8 Å². The van der Waals surface area contributed by atoms with E-state index in [9.17, 15) is 0 Å². The van der Waals surface area contributed by atoms with Crippen molar-refractivity contribution in [3.05, 3.63) is 18.5 Å². The van der Waals surface area contributed by atoms with E-state index in [2.05, 4.69) is 16.9 Å². The Kier molecular flexibility index (Phi) is 2.38. The quantitative estimate of drug-likeness (QED) is 0.679. The number of nitrogens with zero attached hydrogens (tertiary/aromatic N) is 3. The fraction of sp³-hybridized carbons (Fsp3) is 0.429. The normalized spacial score (nSPS) is 10.0. The van der Waals surface area contributed by atoms with Gasteiger partial charge in [0, 0.05) is 0 Å². The first-order valence-corrected chi connectivity index (χ1v) is 3.41. The molecular formula is C7H11N3O. The van der Waals surface area contributed by atoms with Crippen LogP contribution in [-0.4, -0.2) is 26.7 Å². The first-order chi connectivity index (χ1) is 5.25. The molecule has 4 nitrogen and oxygen atoms in total. The second-order valence-corrected chi connectivity index (χ2v) is 2.35. The Labute approximate surface area is 65.2 Å². The number of rotatable bonds is 3. The van der Waals surface area contributed by atoms with E-state index in [0.717, 1.165) is 11.3 Å². The van der Waals surface area contributed by atoms with Gasteiger partial charge >= 0.3 is 0 Å². The summed E-state index contributed by atoms with van der Waals surface area (Å²) >= 11 is 0. The molecule has 1 rings (SSSR count). The second kappa shape index (κ2) is 3.30. The molecule has 0 radical (unpaired) electrons. The molecule has 1 N–H and O–H groups in total. The van der Waals surface area contributed by atoms with Crippen molar-refractivity contribution in [3.63, 3.8) is 0 Å². The monoisotopic (exact) mass is 153 g/mol. The van der Waals surface area contributed by atoms with Crippen molar-refractivity contribution in [2.75, 3.05) is 6.61 Å². The molecule has 0 saturated carbocycles. The Morgan fingerprint density at radius 3 is 3.09 bits per heavy atom. The molecule has 1 heterocycles. The summed E-state index contributed by atoms with van der Waals surface area (Å²) in [4.78, 5) is 0. The van der Waals surface area contributed by atoms with Crippen LogP contribution >= 0.6 is 0 Å². The molecule has 0 aliphatic rings. The predicted molar refractivity (Wildman–Crippen MR) is 41.8 cm³/mol. The zero-order valence-corrected chi connectivity index (χ0v) is 6.49. The minimum absolute atomic E-state index is 0.0731. The summed E-state index contributed by atoms with van der Waals surface area (Å²) in [5, 5.41) is 16.1. The molecule has 4 heteroatoms. The molecule has 0 aliphatic carbocycles. The van der Waals surface area contributed by atoms with Crippen LogP contribution in [0, 0.1) is 0 Å². The largest absolute Gasteiger partial charge is 0.394 e. The topological polar surface area (TPSA) is 50.9 Å². The molecule has 1 aromatic heterocycles. The maximum Gasteiger partial charge on any atom is 0.0837 e. The SMILES string of the molecule is C=C(C)c1cnnn1CCO. The fourth-order valence-corrected chi connectivity index (χ4v) is 0.848. The van der Waals surface area contributed by atoms with E-state index < -0.39 is 0 Å². The summed E-state index contributed by atoms with van der Waals surface area (Å²) in [5.41, 5.74) is 1.78. The fourth-order valence-electron chi connectivity index (χ4n) is 0.848. The minimum Gasteiger partial charge on any atom is -0.394 e. The first-order valence-electron chi connectivity index (χ1n) is 3.41. The average molecular weight is 153 g/mol. The zero-order valence-electron chi connectivity index (χ0n) is 6.49. The summed E-state index contributed by atoms with van der Waals surface area (Å²) in [6, 6.07) is 0. The lowest BCUT2D eigenvalue weighted by Gasteiger charge is -2.01. The Balaban J connectivity index is 2.87. The predicted octanol–water partition coefficient (Wildman–Crippen LogP) is 0.304. The van der Waals surface area contributed by atoms with E-state index in [0.29, 0.717) is 6.54 Å². The van der Waals surface area contributed by atoms with Crippen molar-refractivity contribution in [3.8, 4) is 0 Å². The number of aromatic nitrogens is 3. The van der Waals surface area contributed by atoms with Crippen LogP contribution in [0.5, 0.6) is 0 Å². The van der Waals surface area contributed by atoms with Gasteiger partial charge in [0.15, 0.2) is 0 Å². The van der Waals surface area contributed by atoms with Gasteiger partial charge < -0.3 is 5.11 Å². The lowest BCUT2D eigenvalue weighted by Crippen LogP contribution is -2.06. The number of aliphatic hydroxyl groups excluding tert-OH is 1. The van der Waals surface area contributed by atoms with E-state index in [1.54, 1.807) is 10.9 Å². The van der Waals surface area contributed by atoms with Crippen LogP contribution in [-0.2, 0) is 6.54 Å². The third-order valence-electron chi connectivity index (χ3n) is 1.37. The van der Waals surface area contributed by atoms with Gasteiger partial charge in [-0.05, 0) is 12.5 Å². The minimum atomic E-state index is 0.0731. The average Bonchev–Trinajstić information content (AvgIpc) is 2.36. The standard InChI is InChI=1S/C7H11N3O/c1-6(2)7-5-8-9-10(7)3-4-11/h5,11H,1,3-4H2,2H3. The highest BCUT2D eigenvalue weighted by Crippen LogP contribution is 2.07. The summed E-state index contributed by atoms with van der Waals surface area (Å²) in [6.07, 6.45) is 1.64. The molecule has 0 bridgehead atoms. The summed E-state index contributed by atoms with van der Waals surface area (Å²) in [6.45, 7) is 6.19. The van der Waals surface area contributed by atoms with Crippen molar-refractivity contribution >= 4 is 5.57 Å². The molecule has 0 aliphatic heterocycles. The number of hydrogen-bond acceptors (Lipinski definition) is 3. The molecule has 1 aromatic rings. The van der Waals surface area contributed by atoms with E-state index in [-0.39, 0.29) is 6.61 Å². The lowest BCUT2D eigenvalue weighted by atomic mass is 10.3. The van der Waals surface area contributed by atoms with Crippen molar-refractivity contribution < 1.29 is 5.11 Å². The molecule has 0 saturated heterocycles. The number of hydrogen-bond donors (Lipinski definition) is 1. The van der Waals surface area contributed by atoms with Crippen molar-refractivity contribution in [1.82, 2.24) is 15.0 Å². The van der Waals surface area contributed by atoms with E-state index in [1.165, 1.54) is 0 Å². The molecule has 0 spiro atoms. The third-order valence-corrected chi connectivity index (χ3v) is 1.37. The van der Waals surface area contributed by atoms with Crippen molar-refractivity contribution in [2.45, 2.75) is 13.5 Å². The number of aliphatic hydroxyl groups is 1. The highest BCUT2D eigenvalue weighted by molar-refractivity contribution is 5.56. The van der Waals surface area contributed by atoms with Crippen LogP contribution in [0.2, 0.25) is 0 Å². The van der Waals surface area contributed by atoms with Gasteiger partial charge in [0.2, 0.25) is 0 Å². The number of allylic oxidation sites excluding steroid dienone is 1. The van der Waals surface area contributed by atoms with Crippen LogP contribution in [0.4, 0.5) is 0 Å². The molecule has 0 atom stereocenters. The van der Waals surface area contributed by atoms with Gasteiger partial charge in [0.1, 0.15) is 0 Å². The van der Waals surface area contributed by atoms with Crippen LogP contribution in [0.25, 0.3) is 5.57 Å². The second-order valence-electron chi connectivity index (χ2n) is 2.35. The maximum atomic E-state index is 8.63. The molecule has 11 heavy (non-hydrogen) atoms. The van der Waals surface area contributed by atoms with Crippen molar-refractivity contribution in [1.29, 1.82) is 0 Å². The third kappa shape index (κ3) is 1.65. The van der Waals surface area contributed by atoms with Gasteiger partial charge in [-0.3, -0.25) is 0 Å². The Hall–Kier alpha value is -1.16. The molecule has 60 valence electrons. The highest BCUT2D eigenvalue weighted by atomic mass is 16.3. The Morgan fingerprint density at radius 1 is 1.82 bits per heavy atom. The summed E-state index contributed by atoms with van der Waals surface area (Å²) < 4.78 is 1.63. The smallest absolute Gasteiger partial charge is 0.0837 e. The van der Waals surface area contributed by atoms with Crippen LogP contribution in [0.1, 0.15) is 12.6 Å². The zero-order chi connectivity index (χ0) is 8.27. The molecule has 0 aromatic carbocycles. The van der Waals surface area contributed by atoms with Crippen LogP contribution in [0.3, 0.4) is 0 Å². The highest BCUT2D eigenvalue weighted by Gasteiger charge is 2.01. The molecule has 0 unspecified atom stereocenters. The maximum absolute atomic E-state index is 8.63. The van der Waals surface area contributed by atoms with Gasteiger partial charge in [-0.15, -0.1) is 5.10 Å². The summed E-state index contributed by atoms with van der Waals surface area (Å²) in [5.74, 6) is 0. The van der Waals surface area contributed by atoms with Gasteiger partial charge in [-0.1, -0.05) is 11.8 Å². The van der Waals surface area contributed by atoms with Gasteiger partial charge in [-0.2, -0.15) is 0 Å². The summed E-state index contributed by atoms with van der Waals surface area (Å²) in [7, 11) is 0. The van der Waals surface area contributed by atoms with E-state index in [4.69, 9.17) is 5.11 Å². The lowest BCUT2D eigenvalue weighted by molar-refractivity contribution is 0.267. The first kappa shape index (κ1) is 7.94. The van der Waals surface area contributed by atoms with Crippen molar-refractivity contribution in [2.24, 2.45) is 0 Å². The van der Waals surface area contributed by atoms with Gasteiger partial charge in [0.05, 0.1) is 25.0 Å². The molecule has 0 fully saturated rings. The molecular weight excluding hydrogens is 142 g/mol. The van der Waals surface area contributed by atoms with Gasteiger partial charge in [-0.25, -0.2) is 4.68 Å². The van der Waals surface area contributed by atoms with Crippen LogP contribution < -0.4 is 0 Å². The van der Waals surface area contributed by atoms with E-state index >= 15 is 0 Å². The molecule has 0 amide bonds. The van der Waals surface area contributed by atoms with E-state index in [1.807, 2.05) is 6.92 Å².